The number of rotatable bonds is 9. The van der Waals surface area contributed by atoms with Crippen LogP contribution in [-0.2, 0) is 26.1 Å². The normalized spacial score (nSPS) is 11.5. The Hall–Kier alpha value is -3.34. The summed E-state index contributed by atoms with van der Waals surface area (Å²) < 4.78 is 18.2. The van der Waals surface area contributed by atoms with Gasteiger partial charge < -0.3 is 4.98 Å². The van der Waals surface area contributed by atoms with Crippen molar-refractivity contribution in [2.75, 3.05) is 0 Å². The minimum atomic E-state index is -0.472. The zero-order valence-corrected chi connectivity index (χ0v) is 18.2. The van der Waals surface area contributed by atoms with E-state index in [0.29, 0.717) is 30.9 Å². The van der Waals surface area contributed by atoms with E-state index in [1.165, 1.54) is 15.2 Å². The van der Waals surface area contributed by atoms with E-state index in [2.05, 4.69) is 25.5 Å². The van der Waals surface area contributed by atoms with E-state index in [9.17, 15) is 14.0 Å². The standard InChI is InChI=1S/C20H22ClFN8O2/c1-2-3-9-28-17-16(23-19(21)24-17)18(31)29(20(28)32)10-6-11-30-15(25-26-27-30)12-13-7-4-5-8-14(13)22/h4-5,7-8H,2-3,6,9-12H2,1H3,(H,23,24). The van der Waals surface area contributed by atoms with Gasteiger partial charge in [0.25, 0.3) is 5.56 Å². The molecular weight excluding hydrogens is 439 g/mol. The van der Waals surface area contributed by atoms with Gasteiger partial charge in [0.05, 0.1) is 0 Å². The molecule has 3 aromatic heterocycles. The Morgan fingerprint density at radius 2 is 1.88 bits per heavy atom. The van der Waals surface area contributed by atoms with Crippen LogP contribution in [0.3, 0.4) is 0 Å². The molecule has 0 radical (unpaired) electrons. The number of nitrogens with one attached hydrogen (secondary N) is 1. The topological polar surface area (TPSA) is 116 Å². The van der Waals surface area contributed by atoms with Gasteiger partial charge in [-0.2, -0.15) is 4.98 Å². The van der Waals surface area contributed by atoms with E-state index in [-0.39, 0.29) is 35.2 Å². The summed E-state index contributed by atoms with van der Waals surface area (Å²) in [7, 11) is 0. The number of aromatic amines is 1. The van der Waals surface area contributed by atoms with Gasteiger partial charge in [-0.1, -0.05) is 31.5 Å². The molecule has 0 aliphatic carbocycles. The van der Waals surface area contributed by atoms with Gasteiger partial charge in [-0.05, 0) is 46.5 Å². The number of H-pyrrole nitrogens is 1. The van der Waals surface area contributed by atoms with Crippen molar-refractivity contribution >= 4 is 22.8 Å². The van der Waals surface area contributed by atoms with Gasteiger partial charge in [0.1, 0.15) is 5.82 Å². The molecule has 0 spiro atoms. The molecule has 0 atom stereocenters. The second-order valence-corrected chi connectivity index (χ2v) is 7.77. The number of unbranched alkanes of at least 4 members (excludes halogenated alkanes) is 1. The first-order valence-electron chi connectivity index (χ1n) is 10.4. The average Bonchev–Trinajstić information content (AvgIpc) is 3.38. The number of fused-ring (bicyclic) bond motifs is 1. The number of nitrogens with zero attached hydrogens (tertiary/aromatic N) is 7. The highest BCUT2D eigenvalue weighted by atomic mass is 35.5. The van der Waals surface area contributed by atoms with Crippen LogP contribution < -0.4 is 11.2 Å². The number of tetrazole rings is 1. The Kier molecular flexibility index (Phi) is 6.45. The highest BCUT2D eigenvalue weighted by molar-refractivity contribution is 6.28. The molecule has 0 fully saturated rings. The summed E-state index contributed by atoms with van der Waals surface area (Å²) in [5.74, 6) is 0.173. The van der Waals surface area contributed by atoms with Crippen molar-refractivity contribution in [3.63, 3.8) is 0 Å². The molecule has 0 unspecified atom stereocenters. The van der Waals surface area contributed by atoms with E-state index in [1.807, 2.05) is 6.92 Å². The van der Waals surface area contributed by atoms with Crippen molar-refractivity contribution in [2.24, 2.45) is 0 Å². The Balaban J connectivity index is 1.55. The predicted octanol–water partition coefficient (Wildman–Crippen LogP) is 2.15. The Bertz CT molecular complexity index is 1360. The highest BCUT2D eigenvalue weighted by Crippen LogP contribution is 2.12. The second-order valence-electron chi connectivity index (χ2n) is 7.41. The first-order valence-corrected chi connectivity index (χ1v) is 10.7. The highest BCUT2D eigenvalue weighted by Gasteiger charge is 2.17. The van der Waals surface area contributed by atoms with Crippen LogP contribution in [0, 0.1) is 5.82 Å². The molecule has 0 bridgehead atoms. The van der Waals surface area contributed by atoms with E-state index >= 15 is 0 Å². The first kappa shape index (κ1) is 21.9. The SMILES string of the molecule is CCCCn1c(=O)n(CCCn2nnnc2Cc2ccccc2F)c(=O)c2[nH]c(Cl)nc21. The molecule has 4 aromatic rings. The molecule has 4 rings (SSSR count). The number of benzene rings is 1. The summed E-state index contributed by atoms with van der Waals surface area (Å²) in [5.41, 5.74) is 0.0544. The Morgan fingerprint density at radius 3 is 2.66 bits per heavy atom. The lowest BCUT2D eigenvalue weighted by molar-refractivity contribution is 0.474. The smallest absolute Gasteiger partial charge is 0.323 e. The molecular formula is C20H22ClFN8O2. The van der Waals surface area contributed by atoms with Crippen LogP contribution >= 0.6 is 11.6 Å². The molecule has 0 aliphatic rings. The van der Waals surface area contributed by atoms with Gasteiger partial charge >= 0.3 is 5.69 Å². The molecule has 12 heteroatoms. The third kappa shape index (κ3) is 4.33. The molecule has 10 nitrogen and oxygen atoms in total. The van der Waals surface area contributed by atoms with Crippen LogP contribution in [0.15, 0.2) is 33.9 Å². The maximum Gasteiger partial charge on any atom is 0.332 e. The fourth-order valence-corrected chi connectivity index (χ4v) is 3.74. The number of hydrogen-bond acceptors (Lipinski definition) is 6. The van der Waals surface area contributed by atoms with Crippen LogP contribution in [-0.4, -0.2) is 39.3 Å². The molecule has 1 aromatic carbocycles. The number of hydrogen-bond donors (Lipinski definition) is 1. The van der Waals surface area contributed by atoms with Gasteiger partial charge in [-0.3, -0.25) is 13.9 Å². The van der Waals surface area contributed by atoms with E-state index < -0.39 is 11.2 Å². The largest absolute Gasteiger partial charge is 0.332 e. The lowest BCUT2D eigenvalue weighted by Gasteiger charge is -2.11. The van der Waals surface area contributed by atoms with Crippen molar-refractivity contribution in [2.45, 2.75) is 52.2 Å². The third-order valence-corrected chi connectivity index (χ3v) is 5.41. The second kappa shape index (κ2) is 9.43. The molecule has 0 saturated heterocycles. The molecule has 32 heavy (non-hydrogen) atoms. The molecule has 1 N–H and O–H groups in total. The molecule has 0 amide bonds. The van der Waals surface area contributed by atoms with Crippen molar-refractivity contribution < 1.29 is 4.39 Å². The quantitative estimate of drug-likeness (QED) is 0.382. The van der Waals surface area contributed by atoms with E-state index in [4.69, 9.17) is 11.6 Å². The van der Waals surface area contributed by atoms with Crippen LogP contribution in [0.25, 0.3) is 11.2 Å². The zero-order chi connectivity index (χ0) is 22.7. The Labute approximate surface area is 186 Å². The summed E-state index contributed by atoms with van der Waals surface area (Å²) in [4.78, 5) is 32.7. The van der Waals surface area contributed by atoms with Crippen molar-refractivity contribution in [1.29, 1.82) is 0 Å². The van der Waals surface area contributed by atoms with Gasteiger partial charge in [-0.15, -0.1) is 5.10 Å². The van der Waals surface area contributed by atoms with Crippen molar-refractivity contribution in [1.82, 2.24) is 39.3 Å². The van der Waals surface area contributed by atoms with E-state index in [1.54, 1.807) is 22.9 Å². The minimum absolute atomic E-state index is 0.0611. The lowest BCUT2D eigenvalue weighted by atomic mass is 10.1. The fourth-order valence-electron chi connectivity index (χ4n) is 3.57. The number of aryl methyl sites for hydroxylation is 2. The summed E-state index contributed by atoms with van der Waals surface area (Å²) >= 11 is 5.95. The van der Waals surface area contributed by atoms with Crippen LogP contribution in [0.5, 0.6) is 0 Å². The van der Waals surface area contributed by atoms with Gasteiger partial charge in [0.15, 0.2) is 17.0 Å². The van der Waals surface area contributed by atoms with E-state index in [0.717, 1.165) is 12.8 Å². The summed E-state index contributed by atoms with van der Waals surface area (Å²) in [6, 6.07) is 6.44. The average molecular weight is 461 g/mol. The fraction of sp³-hybridized carbons (Fsp3) is 0.400. The number of aromatic nitrogens is 8. The molecule has 0 aliphatic heterocycles. The minimum Gasteiger partial charge on any atom is -0.323 e. The number of halogens is 2. The zero-order valence-electron chi connectivity index (χ0n) is 17.5. The van der Waals surface area contributed by atoms with Crippen LogP contribution in [0.1, 0.15) is 37.6 Å². The van der Waals surface area contributed by atoms with Crippen molar-refractivity contribution in [3.05, 3.63) is 67.6 Å². The number of imidazole rings is 1. The third-order valence-electron chi connectivity index (χ3n) is 5.23. The van der Waals surface area contributed by atoms with Crippen molar-refractivity contribution in [3.8, 4) is 0 Å². The monoisotopic (exact) mass is 460 g/mol. The van der Waals surface area contributed by atoms with Gasteiger partial charge in [0, 0.05) is 26.1 Å². The lowest BCUT2D eigenvalue weighted by Crippen LogP contribution is -2.40. The molecule has 0 saturated carbocycles. The van der Waals surface area contributed by atoms with Gasteiger partial charge in [0.2, 0.25) is 5.28 Å². The first-order chi connectivity index (χ1) is 15.5. The predicted molar refractivity (Wildman–Crippen MR) is 116 cm³/mol. The van der Waals surface area contributed by atoms with Gasteiger partial charge in [-0.25, -0.2) is 13.9 Å². The Morgan fingerprint density at radius 1 is 1.09 bits per heavy atom. The summed E-state index contributed by atoms with van der Waals surface area (Å²) in [5, 5.41) is 11.7. The summed E-state index contributed by atoms with van der Waals surface area (Å²) in [6.45, 7) is 2.97. The molecule has 168 valence electrons. The molecule has 3 heterocycles. The summed E-state index contributed by atoms with van der Waals surface area (Å²) in [6.07, 6.45) is 2.31. The maximum atomic E-state index is 14.0. The maximum absolute atomic E-state index is 14.0. The van der Waals surface area contributed by atoms with Crippen LogP contribution in [0.4, 0.5) is 4.39 Å². The van der Waals surface area contributed by atoms with Crippen LogP contribution in [0.2, 0.25) is 5.28 Å².